The molecule has 1 amide bonds. The fourth-order valence-electron chi connectivity index (χ4n) is 1.79. The van der Waals surface area contributed by atoms with Crippen LogP contribution in [0.25, 0.3) is 0 Å². The van der Waals surface area contributed by atoms with Gasteiger partial charge in [0.15, 0.2) is 0 Å². The summed E-state index contributed by atoms with van der Waals surface area (Å²) in [5, 5.41) is 22.8. The highest BCUT2D eigenvalue weighted by Gasteiger charge is 2.39. The van der Waals surface area contributed by atoms with Crippen molar-refractivity contribution in [3.63, 3.8) is 0 Å². The van der Waals surface area contributed by atoms with Crippen molar-refractivity contribution in [3.05, 3.63) is 23.8 Å². The molecular weight excluding hydrogens is 273 g/mol. The number of benzene rings is 1. The van der Waals surface area contributed by atoms with Crippen LogP contribution >= 0.6 is 0 Å². The molecule has 1 heterocycles. The molecule has 0 spiro atoms. The summed E-state index contributed by atoms with van der Waals surface area (Å²) in [5.41, 5.74) is -0.0997. The largest absolute Gasteiger partial charge is 0.491 e. The lowest BCUT2D eigenvalue weighted by atomic mass is 9.76. The molecule has 0 saturated carbocycles. The molecule has 0 saturated heterocycles. The first-order valence-corrected chi connectivity index (χ1v) is 6.75. The van der Waals surface area contributed by atoms with E-state index in [1.54, 1.807) is 45.9 Å². The Hall–Kier alpha value is -1.57. The normalized spacial score (nSPS) is 15.0. The number of fused-ring (bicyclic) bond motifs is 1. The molecule has 0 bridgehead atoms. The number of nitrogens with one attached hydrogen (secondary N) is 1. The number of carbonyl (C=O) groups excluding carboxylic acids is 1. The highest BCUT2D eigenvalue weighted by atomic mass is 16.6. The number of anilines is 1. The van der Waals surface area contributed by atoms with Crippen molar-refractivity contribution in [3.8, 4) is 0 Å². The van der Waals surface area contributed by atoms with Crippen LogP contribution in [-0.4, -0.2) is 34.5 Å². The summed E-state index contributed by atoms with van der Waals surface area (Å²) >= 11 is 0. The molecule has 1 aliphatic heterocycles. The lowest BCUT2D eigenvalue weighted by molar-refractivity contribution is -0.0982. The number of hydrogen-bond donors (Lipinski definition) is 3. The molecule has 3 N–H and O–H groups in total. The summed E-state index contributed by atoms with van der Waals surface area (Å²) in [5.74, 6) is 0. The topological polar surface area (TPSA) is 88.0 Å². The zero-order valence-electron chi connectivity index (χ0n) is 12.6. The van der Waals surface area contributed by atoms with Gasteiger partial charge >= 0.3 is 13.2 Å². The van der Waals surface area contributed by atoms with Gasteiger partial charge in [0, 0.05) is 5.56 Å². The summed E-state index contributed by atoms with van der Waals surface area (Å²) in [6.45, 7) is 6.80. The Labute approximate surface area is 124 Å². The summed E-state index contributed by atoms with van der Waals surface area (Å²) in [6.07, 6.45) is -0.491. The Morgan fingerprint density at radius 2 is 2.00 bits per heavy atom. The second-order valence-corrected chi connectivity index (χ2v) is 6.16. The second kappa shape index (κ2) is 5.33. The predicted octanol–water partition coefficient (Wildman–Crippen LogP) is 1.00. The molecule has 7 heteroatoms. The number of aliphatic hydroxyl groups is 1. The SMILES string of the molecule is CC(C)(O)C(C)(C)OB(O)c1ccc2c(c1)COC(=O)N2. The first kappa shape index (κ1) is 15.8. The van der Waals surface area contributed by atoms with Gasteiger partial charge in [0.25, 0.3) is 0 Å². The first-order valence-electron chi connectivity index (χ1n) is 6.75. The molecule has 0 unspecified atom stereocenters. The fourth-order valence-corrected chi connectivity index (χ4v) is 1.79. The van der Waals surface area contributed by atoms with Crippen molar-refractivity contribution >= 4 is 24.4 Å². The second-order valence-electron chi connectivity index (χ2n) is 6.16. The number of ether oxygens (including phenoxy) is 1. The summed E-state index contributed by atoms with van der Waals surface area (Å²) in [7, 11) is -1.19. The van der Waals surface area contributed by atoms with Crippen LogP contribution in [0.4, 0.5) is 10.5 Å². The average Bonchev–Trinajstić information content (AvgIpc) is 2.36. The number of carbonyl (C=O) groups is 1. The van der Waals surface area contributed by atoms with E-state index in [-0.39, 0.29) is 6.61 Å². The van der Waals surface area contributed by atoms with Crippen molar-refractivity contribution in [1.29, 1.82) is 0 Å². The highest BCUT2D eigenvalue weighted by molar-refractivity contribution is 6.60. The number of cyclic esters (lactones) is 1. The van der Waals surface area contributed by atoms with Crippen molar-refractivity contribution in [2.45, 2.75) is 45.5 Å². The van der Waals surface area contributed by atoms with Gasteiger partial charge in [-0.25, -0.2) is 4.79 Å². The zero-order valence-corrected chi connectivity index (χ0v) is 12.6. The van der Waals surface area contributed by atoms with Crippen molar-refractivity contribution in [2.24, 2.45) is 0 Å². The van der Waals surface area contributed by atoms with Gasteiger partial charge in [-0.3, -0.25) is 5.32 Å². The maximum absolute atomic E-state index is 11.1. The quantitative estimate of drug-likeness (QED) is 0.721. The molecule has 114 valence electrons. The van der Waals surface area contributed by atoms with Gasteiger partial charge in [-0.1, -0.05) is 12.1 Å². The highest BCUT2D eigenvalue weighted by Crippen LogP contribution is 2.26. The van der Waals surface area contributed by atoms with Crippen LogP contribution < -0.4 is 10.8 Å². The lowest BCUT2D eigenvalue weighted by Gasteiger charge is -2.38. The molecule has 0 aromatic heterocycles. The molecule has 6 nitrogen and oxygen atoms in total. The Balaban J connectivity index is 2.17. The van der Waals surface area contributed by atoms with Crippen molar-refractivity contribution < 1.29 is 24.3 Å². The van der Waals surface area contributed by atoms with Crippen molar-refractivity contribution in [1.82, 2.24) is 0 Å². The van der Waals surface area contributed by atoms with E-state index >= 15 is 0 Å². The van der Waals surface area contributed by atoms with Gasteiger partial charge in [0.1, 0.15) is 6.61 Å². The van der Waals surface area contributed by atoms with E-state index in [0.717, 1.165) is 5.56 Å². The maximum atomic E-state index is 11.1. The van der Waals surface area contributed by atoms with Crippen LogP contribution in [0.3, 0.4) is 0 Å². The molecule has 1 aromatic rings. The fraction of sp³-hybridized carbons (Fsp3) is 0.500. The van der Waals surface area contributed by atoms with Gasteiger partial charge in [-0.2, -0.15) is 0 Å². The smallest absolute Gasteiger partial charge is 0.444 e. The van der Waals surface area contributed by atoms with E-state index in [1.165, 1.54) is 0 Å². The Morgan fingerprint density at radius 1 is 1.33 bits per heavy atom. The number of rotatable bonds is 4. The van der Waals surface area contributed by atoms with Crippen LogP contribution in [0, 0.1) is 0 Å². The Kier molecular flexibility index (Phi) is 4.01. The third-order valence-corrected chi connectivity index (χ3v) is 3.89. The molecule has 2 rings (SSSR count). The standard InChI is InChI=1S/C14H20BNO5/c1-13(2,18)14(3,4)21-15(19)10-5-6-11-9(7-10)8-20-12(17)16-11/h5-7,18-19H,8H2,1-4H3,(H,16,17). The first-order chi connectivity index (χ1) is 9.60. The summed E-state index contributed by atoms with van der Waals surface area (Å²) in [4.78, 5) is 11.1. The monoisotopic (exact) mass is 293 g/mol. The number of amides is 1. The van der Waals surface area contributed by atoms with Crippen LogP contribution in [0.1, 0.15) is 33.3 Å². The Bertz CT molecular complexity index is 553. The minimum atomic E-state index is -1.19. The molecule has 1 aromatic carbocycles. The third-order valence-electron chi connectivity index (χ3n) is 3.89. The van der Waals surface area contributed by atoms with Crippen LogP contribution in [-0.2, 0) is 16.0 Å². The van der Waals surface area contributed by atoms with Gasteiger partial charge in [0.05, 0.1) is 16.9 Å². The van der Waals surface area contributed by atoms with Gasteiger partial charge in [-0.05, 0) is 39.2 Å². The van der Waals surface area contributed by atoms with Crippen LogP contribution in [0.2, 0.25) is 0 Å². The predicted molar refractivity (Wildman–Crippen MR) is 79.3 cm³/mol. The average molecular weight is 293 g/mol. The molecule has 1 aliphatic rings. The van der Waals surface area contributed by atoms with Crippen molar-refractivity contribution in [2.75, 3.05) is 5.32 Å². The van der Waals surface area contributed by atoms with Crippen LogP contribution in [0.15, 0.2) is 18.2 Å². The summed E-state index contributed by atoms with van der Waals surface area (Å²) < 4.78 is 10.5. The van der Waals surface area contributed by atoms with E-state index in [2.05, 4.69) is 5.32 Å². The number of hydrogen-bond acceptors (Lipinski definition) is 5. The Morgan fingerprint density at radius 3 is 2.62 bits per heavy atom. The molecular formula is C14H20BNO5. The van der Waals surface area contributed by atoms with E-state index in [1.807, 2.05) is 0 Å². The molecule has 0 radical (unpaired) electrons. The third kappa shape index (κ3) is 3.37. The molecule has 0 aliphatic carbocycles. The van der Waals surface area contributed by atoms with Crippen LogP contribution in [0.5, 0.6) is 0 Å². The molecule has 0 atom stereocenters. The van der Waals surface area contributed by atoms with E-state index in [0.29, 0.717) is 11.2 Å². The maximum Gasteiger partial charge on any atom is 0.491 e. The minimum Gasteiger partial charge on any atom is -0.444 e. The van der Waals surface area contributed by atoms with E-state index < -0.39 is 24.4 Å². The van der Waals surface area contributed by atoms with E-state index in [9.17, 15) is 14.9 Å². The van der Waals surface area contributed by atoms with Gasteiger partial charge in [0.2, 0.25) is 0 Å². The summed E-state index contributed by atoms with van der Waals surface area (Å²) in [6, 6.07) is 5.06. The van der Waals surface area contributed by atoms with Gasteiger partial charge in [-0.15, -0.1) is 0 Å². The minimum absolute atomic E-state index is 0.149. The zero-order chi connectivity index (χ0) is 15.8. The van der Waals surface area contributed by atoms with E-state index in [4.69, 9.17) is 9.39 Å². The molecule has 21 heavy (non-hydrogen) atoms. The van der Waals surface area contributed by atoms with Gasteiger partial charge < -0.3 is 19.5 Å². The lowest BCUT2D eigenvalue weighted by Crippen LogP contribution is -2.53. The molecule has 0 fully saturated rings.